The number of halogens is 3. The number of imidazole rings is 1. The Bertz CT molecular complexity index is 1310. The van der Waals surface area contributed by atoms with Crippen LogP contribution in [0.15, 0.2) is 79.1 Å². The zero-order valence-corrected chi connectivity index (χ0v) is 17.3. The quantitative estimate of drug-likeness (QED) is 0.437. The molecule has 0 amide bonds. The summed E-state index contributed by atoms with van der Waals surface area (Å²) >= 11 is 0. The van der Waals surface area contributed by atoms with E-state index in [0.29, 0.717) is 17.1 Å². The molecule has 2 aromatic heterocycles. The van der Waals surface area contributed by atoms with Gasteiger partial charge in [-0.25, -0.2) is 18.1 Å². The van der Waals surface area contributed by atoms with Crippen LogP contribution in [0.5, 0.6) is 0 Å². The minimum absolute atomic E-state index is 0.380. The number of nitrogens with one attached hydrogen (secondary N) is 2. The van der Waals surface area contributed by atoms with Crippen LogP contribution in [0.2, 0.25) is 0 Å². The summed E-state index contributed by atoms with van der Waals surface area (Å²) in [6.45, 7) is -0.477. The third-order valence-corrected chi connectivity index (χ3v) is 5.85. The first kappa shape index (κ1) is 21.7. The van der Waals surface area contributed by atoms with Crippen LogP contribution in [0.1, 0.15) is 5.56 Å². The molecule has 0 unspecified atom stereocenters. The second-order valence-corrected chi connectivity index (χ2v) is 8.64. The number of hydrogen-bond acceptors (Lipinski definition) is 4. The minimum atomic E-state index is -5.40. The molecular weight excluding hydrogens is 441 g/mol. The van der Waals surface area contributed by atoms with Crippen molar-refractivity contribution in [2.45, 2.75) is 12.1 Å². The molecule has 0 atom stereocenters. The number of pyridine rings is 1. The van der Waals surface area contributed by atoms with Crippen LogP contribution in [0.25, 0.3) is 33.9 Å². The van der Waals surface area contributed by atoms with Crippen LogP contribution in [0.4, 0.5) is 13.2 Å². The first-order valence-electron chi connectivity index (χ1n) is 9.46. The molecular formula is C22H17F3N4O2S. The monoisotopic (exact) mass is 458 g/mol. The van der Waals surface area contributed by atoms with Crippen molar-refractivity contribution < 1.29 is 21.6 Å². The Morgan fingerprint density at radius 2 is 1.50 bits per heavy atom. The lowest BCUT2D eigenvalue weighted by molar-refractivity contribution is -0.0448. The van der Waals surface area contributed by atoms with Gasteiger partial charge < -0.3 is 4.98 Å². The van der Waals surface area contributed by atoms with Crippen molar-refractivity contribution in [2.75, 3.05) is 0 Å². The molecule has 0 fully saturated rings. The van der Waals surface area contributed by atoms with Crippen LogP contribution in [-0.4, -0.2) is 28.9 Å². The van der Waals surface area contributed by atoms with E-state index in [4.69, 9.17) is 4.98 Å². The highest BCUT2D eigenvalue weighted by Gasteiger charge is 2.45. The summed E-state index contributed by atoms with van der Waals surface area (Å²) < 4.78 is 61.5. The van der Waals surface area contributed by atoms with E-state index in [-0.39, 0.29) is 0 Å². The van der Waals surface area contributed by atoms with Crippen molar-refractivity contribution in [3.05, 3.63) is 84.7 Å². The first-order valence-corrected chi connectivity index (χ1v) is 10.9. The van der Waals surface area contributed by atoms with Gasteiger partial charge in [-0.2, -0.15) is 13.2 Å². The topological polar surface area (TPSA) is 87.7 Å². The standard InChI is InChI=1S/C22H17F3N4O2S/c23-22(24,25)32(30,31)27-14-15-6-8-16(9-7-15)19-20(17-10-12-26-13-11-17)29-21(28-19)18-4-2-1-3-5-18/h1-13,27H,14H2,(H,28,29). The van der Waals surface area contributed by atoms with Crippen molar-refractivity contribution in [2.24, 2.45) is 0 Å². The van der Waals surface area contributed by atoms with Gasteiger partial charge in [0.2, 0.25) is 0 Å². The van der Waals surface area contributed by atoms with Gasteiger partial charge in [0.25, 0.3) is 0 Å². The number of rotatable bonds is 6. The number of alkyl halides is 3. The van der Waals surface area contributed by atoms with Crippen molar-refractivity contribution in [3.8, 4) is 33.9 Å². The predicted octanol–water partition coefficient (Wildman–Crippen LogP) is 4.74. The Morgan fingerprint density at radius 3 is 2.12 bits per heavy atom. The van der Waals surface area contributed by atoms with Gasteiger partial charge in [0, 0.05) is 35.6 Å². The van der Waals surface area contributed by atoms with Crippen molar-refractivity contribution in [3.63, 3.8) is 0 Å². The molecule has 0 radical (unpaired) electrons. The average Bonchev–Trinajstić information content (AvgIpc) is 3.24. The highest BCUT2D eigenvalue weighted by molar-refractivity contribution is 7.90. The van der Waals surface area contributed by atoms with E-state index in [1.807, 2.05) is 42.5 Å². The highest BCUT2D eigenvalue weighted by Crippen LogP contribution is 2.33. The smallest absolute Gasteiger partial charge is 0.337 e. The number of benzene rings is 2. The van der Waals surface area contributed by atoms with Gasteiger partial charge in [-0.3, -0.25) is 4.98 Å². The lowest BCUT2D eigenvalue weighted by atomic mass is 10.0. The molecule has 0 saturated heterocycles. The average molecular weight is 458 g/mol. The molecule has 2 N–H and O–H groups in total. The zero-order chi connectivity index (χ0) is 22.8. The van der Waals surface area contributed by atoms with Gasteiger partial charge in [0.05, 0.1) is 11.4 Å². The molecule has 0 spiro atoms. The molecule has 0 saturated carbocycles. The van der Waals surface area contributed by atoms with E-state index >= 15 is 0 Å². The molecule has 4 aromatic rings. The van der Waals surface area contributed by atoms with E-state index in [2.05, 4.69) is 9.97 Å². The number of aromatic amines is 1. The van der Waals surface area contributed by atoms with Gasteiger partial charge in [0.1, 0.15) is 5.82 Å². The van der Waals surface area contributed by atoms with Crippen molar-refractivity contribution in [1.82, 2.24) is 19.7 Å². The number of nitrogens with zero attached hydrogens (tertiary/aromatic N) is 2. The number of sulfonamides is 1. The normalized spacial score (nSPS) is 12.1. The molecule has 0 bridgehead atoms. The predicted molar refractivity (Wildman–Crippen MR) is 115 cm³/mol. The Kier molecular flexibility index (Phi) is 5.81. The molecule has 0 aliphatic heterocycles. The Labute approximate surface area is 182 Å². The van der Waals surface area contributed by atoms with Crippen LogP contribution in [0, 0.1) is 0 Å². The summed E-state index contributed by atoms with van der Waals surface area (Å²) in [6, 6.07) is 19.7. The summed E-state index contributed by atoms with van der Waals surface area (Å²) in [6.07, 6.45) is 3.33. The zero-order valence-electron chi connectivity index (χ0n) is 16.5. The maximum atomic E-state index is 12.5. The third kappa shape index (κ3) is 4.56. The molecule has 32 heavy (non-hydrogen) atoms. The highest BCUT2D eigenvalue weighted by atomic mass is 32.2. The third-order valence-electron chi connectivity index (χ3n) is 4.72. The molecule has 0 aliphatic carbocycles. The first-order chi connectivity index (χ1) is 15.2. The van der Waals surface area contributed by atoms with E-state index in [9.17, 15) is 21.6 Å². The second-order valence-electron chi connectivity index (χ2n) is 6.88. The molecule has 2 aromatic carbocycles. The Hall–Kier alpha value is -3.50. The van der Waals surface area contributed by atoms with Gasteiger partial charge in [-0.1, -0.05) is 54.6 Å². The Balaban J connectivity index is 1.66. The summed E-state index contributed by atoms with van der Waals surface area (Å²) in [5, 5.41) is 0. The lowest BCUT2D eigenvalue weighted by Crippen LogP contribution is -2.35. The molecule has 4 rings (SSSR count). The summed E-state index contributed by atoms with van der Waals surface area (Å²) in [7, 11) is -5.40. The van der Waals surface area contributed by atoms with Crippen LogP contribution in [-0.2, 0) is 16.6 Å². The summed E-state index contributed by atoms with van der Waals surface area (Å²) in [5.41, 5.74) is -1.08. The van der Waals surface area contributed by atoms with Crippen LogP contribution in [0.3, 0.4) is 0 Å². The van der Waals surface area contributed by atoms with Crippen molar-refractivity contribution in [1.29, 1.82) is 0 Å². The van der Waals surface area contributed by atoms with E-state index in [1.54, 1.807) is 41.4 Å². The van der Waals surface area contributed by atoms with E-state index in [1.165, 1.54) is 0 Å². The van der Waals surface area contributed by atoms with E-state index < -0.39 is 22.1 Å². The summed E-state index contributed by atoms with van der Waals surface area (Å²) in [5.74, 6) is 0.662. The van der Waals surface area contributed by atoms with Crippen LogP contribution >= 0.6 is 0 Å². The van der Waals surface area contributed by atoms with Gasteiger partial charge in [-0.05, 0) is 17.7 Å². The molecule has 10 heteroatoms. The van der Waals surface area contributed by atoms with Gasteiger partial charge in [0.15, 0.2) is 0 Å². The number of H-pyrrole nitrogens is 1. The molecule has 6 nitrogen and oxygen atoms in total. The molecule has 164 valence electrons. The Morgan fingerprint density at radius 1 is 0.844 bits per heavy atom. The fourth-order valence-corrected chi connectivity index (χ4v) is 3.60. The van der Waals surface area contributed by atoms with Gasteiger partial charge in [-0.15, -0.1) is 0 Å². The number of hydrogen-bond donors (Lipinski definition) is 2. The molecule has 2 heterocycles. The number of aromatic nitrogens is 3. The largest absolute Gasteiger partial charge is 0.511 e. The van der Waals surface area contributed by atoms with Gasteiger partial charge >= 0.3 is 15.5 Å². The fourth-order valence-electron chi connectivity index (χ4n) is 3.08. The molecule has 0 aliphatic rings. The lowest BCUT2D eigenvalue weighted by Gasteiger charge is -2.10. The minimum Gasteiger partial charge on any atom is -0.337 e. The fraction of sp³-hybridized carbons (Fsp3) is 0.0909. The van der Waals surface area contributed by atoms with E-state index in [0.717, 1.165) is 22.4 Å². The van der Waals surface area contributed by atoms with Crippen LogP contribution < -0.4 is 4.72 Å². The maximum Gasteiger partial charge on any atom is 0.511 e. The van der Waals surface area contributed by atoms with Crippen molar-refractivity contribution >= 4 is 10.0 Å². The second kappa shape index (κ2) is 8.56. The summed E-state index contributed by atoms with van der Waals surface area (Å²) in [4.78, 5) is 12.1. The SMILES string of the molecule is O=S(=O)(NCc1ccc(-c2nc(-c3ccccc3)[nH]c2-c2ccncc2)cc1)C(F)(F)F. The maximum absolute atomic E-state index is 12.5.